The van der Waals surface area contributed by atoms with Gasteiger partial charge in [0.1, 0.15) is 11.6 Å². The third-order valence-corrected chi connectivity index (χ3v) is 3.55. The molecule has 0 saturated carbocycles. The molecule has 1 unspecified atom stereocenters. The number of carbonyl (C=O) groups excluding carboxylic acids is 1. The normalized spacial score (nSPS) is 19.3. The van der Waals surface area contributed by atoms with Gasteiger partial charge in [-0.25, -0.2) is 0 Å². The van der Waals surface area contributed by atoms with Gasteiger partial charge in [0.05, 0.1) is 6.07 Å². The number of furan rings is 1. The maximum absolute atomic E-state index is 12.4. The van der Waals surface area contributed by atoms with Crippen LogP contribution in [0.4, 0.5) is 0 Å². The van der Waals surface area contributed by atoms with E-state index in [1.54, 1.807) is 11.0 Å². The standard InChI is InChI=1S/C15H14N2O2/c16-10-12-6-3-4-8-17(12)15(18)14-9-11-5-1-2-7-13(11)19-14/h1-2,5,7,9,12H,3-4,6,8H2. The Bertz CT molecular complexity index is 620. The Morgan fingerprint density at radius 2 is 2.21 bits per heavy atom. The van der Waals surface area contributed by atoms with Crippen molar-refractivity contribution in [3.05, 3.63) is 36.1 Å². The molecule has 0 radical (unpaired) electrons. The quantitative estimate of drug-likeness (QED) is 0.786. The molecular weight excluding hydrogens is 240 g/mol. The molecular formula is C15H14N2O2. The highest BCUT2D eigenvalue weighted by atomic mass is 16.3. The zero-order valence-electron chi connectivity index (χ0n) is 10.5. The van der Waals surface area contributed by atoms with Crippen LogP contribution in [0.1, 0.15) is 29.8 Å². The molecule has 4 nitrogen and oxygen atoms in total. The summed E-state index contributed by atoms with van der Waals surface area (Å²) in [6.07, 6.45) is 2.70. The minimum Gasteiger partial charge on any atom is -0.451 e. The zero-order chi connectivity index (χ0) is 13.2. The molecule has 1 saturated heterocycles. The number of benzene rings is 1. The highest BCUT2D eigenvalue weighted by Gasteiger charge is 2.29. The topological polar surface area (TPSA) is 57.2 Å². The summed E-state index contributed by atoms with van der Waals surface area (Å²) in [6.45, 7) is 0.633. The molecule has 2 heterocycles. The number of fused-ring (bicyclic) bond motifs is 1. The van der Waals surface area contributed by atoms with Crippen LogP contribution in [-0.2, 0) is 0 Å². The lowest BCUT2D eigenvalue weighted by Gasteiger charge is -2.30. The van der Waals surface area contributed by atoms with Crippen LogP contribution in [0.15, 0.2) is 34.7 Å². The van der Waals surface area contributed by atoms with Gasteiger partial charge >= 0.3 is 0 Å². The van der Waals surface area contributed by atoms with Crippen molar-refractivity contribution in [1.82, 2.24) is 4.90 Å². The van der Waals surface area contributed by atoms with E-state index in [1.165, 1.54) is 0 Å². The van der Waals surface area contributed by atoms with E-state index in [0.29, 0.717) is 17.9 Å². The van der Waals surface area contributed by atoms with Crippen LogP contribution in [0.2, 0.25) is 0 Å². The Balaban J connectivity index is 1.92. The average Bonchev–Trinajstić information content (AvgIpc) is 2.90. The first-order valence-electron chi connectivity index (χ1n) is 6.49. The van der Waals surface area contributed by atoms with Gasteiger partial charge < -0.3 is 9.32 Å². The van der Waals surface area contributed by atoms with E-state index in [0.717, 1.165) is 24.6 Å². The van der Waals surface area contributed by atoms with Gasteiger partial charge in [-0.3, -0.25) is 4.79 Å². The second-order valence-corrected chi connectivity index (χ2v) is 4.79. The van der Waals surface area contributed by atoms with Crippen molar-refractivity contribution in [3.63, 3.8) is 0 Å². The second-order valence-electron chi connectivity index (χ2n) is 4.79. The van der Waals surface area contributed by atoms with E-state index in [4.69, 9.17) is 9.68 Å². The van der Waals surface area contributed by atoms with E-state index in [2.05, 4.69) is 6.07 Å². The Morgan fingerprint density at radius 3 is 3.00 bits per heavy atom. The summed E-state index contributed by atoms with van der Waals surface area (Å²) in [6, 6.07) is 11.2. The number of amides is 1. The molecule has 1 amide bonds. The number of nitrogens with zero attached hydrogens (tertiary/aromatic N) is 2. The SMILES string of the molecule is N#CC1CCCCN1C(=O)c1cc2ccccc2o1. The van der Waals surface area contributed by atoms with Gasteiger partial charge in [0.15, 0.2) is 5.76 Å². The van der Waals surface area contributed by atoms with Crippen molar-refractivity contribution in [2.45, 2.75) is 25.3 Å². The minimum absolute atomic E-state index is 0.178. The van der Waals surface area contributed by atoms with Crippen molar-refractivity contribution in [3.8, 4) is 6.07 Å². The van der Waals surface area contributed by atoms with Gasteiger partial charge in [0.2, 0.25) is 0 Å². The van der Waals surface area contributed by atoms with Crippen LogP contribution in [0, 0.1) is 11.3 Å². The molecule has 2 aromatic rings. The van der Waals surface area contributed by atoms with E-state index >= 15 is 0 Å². The number of carbonyl (C=O) groups is 1. The van der Waals surface area contributed by atoms with Gasteiger partial charge in [-0.15, -0.1) is 0 Å². The fourth-order valence-corrected chi connectivity index (χ4v) is 2.54. The highest BCUT2D eigenvalue weighted by molar-refractivity contribution is 5.96. The molecule has 1 atom stereocenters. The van der Waals surface area contributed by atoms with Crippen LogP contribution in [-0.4, -0.2) is 23.4 Å². The second kappa shape index (κ2) is 4.77. The number of piperidine rings is 1. The average molecular weight is 254 g/mol. The molecule has 1 aromatic carbocycles. The fourth-order valence-electron chi connectivity index (χ4n) is 2.54. The third-order valence-electron chi connectivity index (χ3n) is 3.55. The molecule has 0 spiro atoms. The van der Waals surface area contributed by atoms with Crippen molar-refractivity contribution < 1.29 is 9.21 Å². The summed E-state index contributed by atoms with van der Waals surface area (Å²) < 4.78 is 5.58. The van der Waals surface area contributed by atoms with Crippen molar-refractivity contribution in [2.75, 3.05) is 6.54 Å². The Hall–Kier alpha value is -2.28. The lowest BCUT2D eigenvalue weighted by molar-refractivity contribution is 0.0640. The lowest BCUT2D eigenvalue weighted by atomic mass is 10.0. The van der Waals surface area contributed by atoms with Crippen molar-refractivity contribution in [2.24, 2.45) is 0 Å². The third kappa shape index (κ3) is 2.08. The van der Waals surface area contributed by atoms with Crippen LogP contribution < -0.4 is 0 Å². The van der Waals surface area contributed by atoms with E-state index in [1.807, 2.05) is 24.3 Å². The van der Waals surface area contributed by atoms with Crippen LogP contribution in [0.5, 0.6) is 0 Å². The number of likely N-dealkylation sites (tertiary alicyclic amines) is 1. The Labute approximate surface area is 111 Å². The summed E-state index contributed by atoms with van der Waals surface area (Å²) in [4.78, 5) is 14.0. The van der Waals surface area contributed by atoms with Crippen LogP contribution in [0.25, 0.3) is 11.0 Å². The number of hydrogen-bond donors (Lipinski definition) is 0. The molecule has 0 bridgehead atoms. The molecule has 1 aliphatic heterocycles. The fraction of sp³-hybridized carbons (Fsp3) is 0.333. The molecule has 0 N–H and O–H groups in total. The summed E-state index contributed by atoms with van der Waals surface area (Å²) in [7, 11) is 0. The molecule has 0 aliphatic carbocycles. The first kappa shape index (κ1) is 11.8. The van der Waals surface area contributed by atoms with Gasteiger partial charge in [-0.1, -0.05) is 18.2 Å². The van der Waals surface area contributed by atoms with Crippen molar-refractivity contribution in [1.29, 1.82) is 5.26 Å². The highest BCUT2D eigenvalue weighted by Crippen LogP contribution is 2.23. The number of rotatable bonds is 1. The molecule has 4 heteroatoms. The van der Waals surface area contributed by atoms with Crippen LogP contribution >= 0.6 is 0 Å². The zero-order valence-corrected chi connectivity index (χ0v) is 10.5. The molecule has 1 fully saturated rings. The number of nitriles is 1. The summed E-state index contributed by atoms with van der Waals surface area (Å²) in [5.41, 5.74) is 0.705. The molecule has 1 aromatic heterocycles. The van der Waals surface area contributed by atoms with Crippen LogP contribution in [0.3, 0.4) is 0 Å². The Morgan fingerprint density at radius 1 is 1.37 bits per heavy atom. The predicted octanol–water partition coefficient (Wildman–Crippen LogP) is 2.95. The van der Waals surface area contributed by atoms with Gasteiger partial charge in [-0.05, 0) is 31.4 Å². The smallest absolute Gasteiger partial charge is 0.290 e. The molecule has 1 aliphatic rings. The van der Waals surface area contributed by atoms with E-state index in [-0.39, 0.29) is 11.9 Å². The van der Waals surface area contributed by atoms with E-state index < -0.39 is 0 Å². The largest absolute Gasteiger partial charge is 0.451 e. The minimum atomic E-state index is -0.325. The summed E-state index contributed by atoms with van der Waals surface area (Å²) >= 11 is 0. The molecule has 3 rings (SSSR count). The van der Waals surface area contributed by atoms with E-state index in [9.17, 15) is 4.79 Å². The van der Waals surface area contributed by atoms with Gasteiger partial charge in [0.25, 0.3) is 5.91 Å². The van der Waals surface area contributed by atoms with Gasteiger partial charge in [0, 0.05) is 11.9 Å². The summed E-state index contributed by atoms with van der Waals surface area (Å²) in [5.74, 6) is 0.144. The molecule has 96 valence electrons. The monoisotopic (exact) mass is 254 g/mol. The van der Waals surface area contributed by atoms with Gasteiger partial charge in [-0.2, -0.15) is 5.26 Å². The number of para-hydroxylation sites is 1. The number of hydrogen-bond acceptors (Lipinski definition) is 3. The maximum atomic E-state index is 12.4. The molecule has 19 heavy (non-hydrogen) atoms. The predicted molar refractivity (Wildman–Crippen MR) is 70.5 cm³/mol. The first-order chi connectivity index (χ1) is 9.29. The Kier molecular flexibility index (Phi) is 2.96. The lowest BCUT2D eigenvalue weighted by Crippen LogP contribution is -2.42. The summed E-state index contributed by atoms with van der Waals surface area (Å²) in [5, 5.41) is 10.0. The maximum Gasteiger partial charge on any atom is 0.290 e. The first-order valence-corrected chi connectivity index (χ1v) is 6.49. The van der Waals surface area contributed by atoms with Crippen molar-refractivity contribution >= 4 is 16.9 Å².